The lowest BCUT2D eigenvalue weighted by atomic mass is 10.0. The Morgan fingerprint density at radius 2 is 2.00 bits per heavy atom. The zero-order valence-electron chi connectivity index (χ0n) is 15.4. The fourth-order valence-electron chi connectivity index (χ4n) is 4.14. The summed E-state index contributed by atoms with van der Waals surface area (Å²) < 4.78 is 0. The molecule has 2 saturated heterocycles. The Kier molecular flexibility index (Phi) is 4.82. The molecule has 4 rings (SSSR count). The van der Waals surface area contributed by atoms with Gasteiger partial charge in [-0.3, -0.25) is 29.4 Å². The summed E-state index contributed by atoms with van der Waals surface area (Å²) in [6, 6.07) is 4.42. The predicted molar refractivity (Wildman–Crippen MR) is 100 cm³/mol. The van der Waals surface area contributed by atoms with Gasteiger partial charge in [0.2, 0.25) is 11.8 Å². The highest BCUT2D eigenvalue weighted by Gasteiger charge is 2.45. The van der Waals surface area contributed by atoms with Gasteiger partial charge in [-0.2, -0.15) is 0 Å². The molecule has 0 aliphatic carbocycles. The third kappa shape index (κ3) is 3.04. The molecular formula is C20H22N4O4. The molecule has 1 unspecified atom stereocenters. The van der Waals surface area contributed by atoms with Crippen LogP contribution < -0.4 is 16.0 Å². The maximum absolute atomic E-state index is 13.1. The van der Waals surface area contributed by atoms with Crippen molar-refractivity contribution in [2.75, 3.05) is 13.1 Å². The Labute approximate surface area is 162 Å². The topological polar surface area (TPSA) is 108 Å². The van der Waals surface area contributed by atoms with Crippen LogP contribution >= 0.6 is 0 Å². The number of nitrogens with one attached hydrogen (secondary N) is 3. The van der Waals surface area contributed by atoms with E-state index in [1.165, 1.54) is 0 Å². The largest absolute Gasteiger partial charge is 0.315 e. The van der Waals surface area contributed by atoms with Crippen LogP contribution in [0.2, 0.25) is 0 Å². The summed E-state index contributed by atoms with van der Waals surface area (Å²) in [7, 11) is 0. The first-order chi connectivity index (χ1) is 13.5. The summed E-state index contributed by atoms with van der Waals surface area (Å²) in [6.45, 7) is 5.95. The number of nitrogens with zero attached hydrogens (tertiary/aromatic N) is 1. The van der Waals surface area contributed by atoms with E-state index in [9.17, 15) is 19.2 Å². The van der Waals surface area contributed by atoms with Crippen LogP contribution in [-0.4, -0.2) is 53.7 Å². The van der Waals surface area contributed by atoms with Gasteiger partial charge in [-0.1, -0.05) is 18.2 Å². The average Bonchev–Trinajstić information content (AvgIpc) is 3.24. The quantitative estimate of drug-likeness (QED) is 0.487. The highest BCUT2D eigenvalue weighted by Crippen LogP contribution is 2.30. The first-order valence-electron chi connectivity index (χ1n) is 9.41. The lowest BCUT2D eigenvalue weighted by Crippen LogP contribution is -2.54. The minimum Gasteiger partial charge on any atom is -0.315 e. The van der Waals surface area contributed by atoms with Crippen LogP contribution in [-0.2, 0) is 16.1 Å². The maximum atomic E-state index is 13.1. The Morgan fingerprint density at radius 1 is 1.18 bits per heavy atom. The van der Waals surface area contributed by atoms with Crippen molar-refractivity contribution >= 4 is 23.6 Å². The number of amides is 4. The van der Waals surface area contributed by atoms with E-state index in [0.717, 1.165) is 23.6 Å². The number of benzene rings is 1. The number of rotatable bonds is 5. The number of carbonyl (C=O) groups is 4. The molecule has 3 atom stereocenters. The molecular weight excluding hydrogens is 360 g/mol. The predicted octanol–water partition coefficient (Wildman–Crippen LogP) is -0.0486. The second-order valence-corrected chi connectivity index (χ2v) is 7.33. The van der Waals surface area contributed by atoms with Gasteiger partial charge in [0.1, 0.15) is 6.04 Å². The molecule has 3 aliphatic rings. The van der Waals surface area contributed by atoms with Crippen LogP contribution in [0.4, 0.5) is 0 Å². The zero-order valence-corrected chi connectivity index (χ0v) is 15.4. The van der Waals surface area contributed by atoms with Crippen LogP contribution in [0, 0.1) is 5.92 Å². The molecule has 28 heavy (non-hydrogen) atoms. The van der Waals surface area contributed by atoms with Crippen LogP contribution in [0.3, 0.4) is 0 Å². The molecule has 3 heterocycles. The molecule has 8 heteroatoms. The SMILES string of the molecule is C=C[C@@H]1CNC[C@@H]1NCc1cccc2c1C(=O)N(C1CCC(=O)NC1=O)C2=O. The van der Waals surface area contributed by atoms with Gasteiger partial charge in [0.25, 0.3) is 11.8 Å². The molecule has 8 nitrogen and oxygen atoms in total. The second-order valence-electron chi connectivity index (χ2n) is 7.33. The smallest absolute Gasteiger partial charge is 0.262 e. The fraction of sp³-hybridized carbons (Fsp3) is 0.400. The van der Waals surface area contributed by atoms with Crippen molar-refractivity contribution in [3.05, 3.63) is 47.5 Å². The van der Waals surface area contributed by atoms with Gasteiger partial charge >= 0.3 is 0 Å². The molecule has 0 aromatic heterocycles. The van der Waals surface area contributed by atoms with E-state index in [0.29, 0.717) is 23.6 Å². The maximum Gasteiger partial charge on any atom is 0.262 e. The lowest BCUT2D eigenvalue weighted by molar-refractivity contribution is -0.136. The van der Waals surface area contributed by atoms with E-state index in [1.54, 1.807) is 12.1 Å². The van der Waals surface area contributed by atoms with Gasteiger partial charge in [0, 0.05) is 38.0 Å². The molecule has 0 bridgehead atoms. The number of hydrogen-bond donors (Lipinski definition) is 3. The van der Waals surface area contributed by atoms with Crippen LogP contribution in [0.15, 0.2) is 30.9 Å². The van der Waals surface area contributed by atoms with E-state index < -0.39 is 23.8 Å². The molecule has 146 valence electrons. The van der Waals surface area contributed by atoms with Gasteiger partial charge < -0.3 is 10.6 Å². The van der Waals surface area contributed by atoms with E-state index in [1.807, 2.05) is 12.1 Å². The summed E-state index contributed by atoms with van der Waals surface area (Å²) in [5, 5.41) is 8.94. The first kappa shape index (κ1) is 18.5. The molecule has 1 aromatic rings. The number of hydrogen-bond acceptors (Lipinski definition) is 6. The van der Waals surface area contributed by atoms with Crippen LogP contribution in [0.5, 0.6) is 0 Å². The van der Waals surface area contributed by atoms with Crippen LogP contribution in [0.25, 0.3) is 0 Å². The summed E-state index contributed by atoms with van der Waals surface area (Å²) in [4.78, 5) is 50.5. The van der Waals surface area contributed by atoms with Crippen molar-refractivity contribution in [2.45, 2.75) is 31.5 Å². The number of carbonyl (C=O) groups excluding carboxylic acids is 4. The minimum absolute atomic E-state index is 0.107. The number of piperidine rings is 1. The summed E-state index contributed by atoms with van der Waals surface area (Å²) in [5.74, 6) is -1.64. The van der Waals surface area contributed by atoms with Crippen molar-refractivity contribution in [3.63, 3.8) is 0 Å². The Morgan fingerprint density at radius 3 is 2.75 bits per heavy atom. The van der Waals surface area contributed by atoms with E-state index in [2.05, 4.69) is 22.5 Å². The van der Waals surface area contributed by atoms with Crippen LogP contribution in [0.1, 0.15) is 39.1 Å². The summed E-state index contributed by atoms with van der Waals surface area (Å²) in [5.41, 5.74) is 1.37. The van der Waals surface area contributed by atoms with Gasteiger partial charge in [-0.15, -0.1) is 6.58 Å². The summed E-state index contributed by atoms with van der Waals surface area (Å²) >= 11 is 0. The molecule has 3 N–H and O–H groups in total. The monoisotopic (exact) mass is 382 g/mol. The Hall–Kier alpha value is -2.84. The lowest BCUT2D eigenvalue weighted by Gasteiger charge is -2.27. The van der Waals surface area contributed by atoms with Crippen molar-refractivity contribution in [1.29, 1.82) is 0 Å². The molecule has 0 radical (unpaired) electrons. The van der Waals surface area contributed by atoms with E-state index in [-0.39, 0.29) is 24.8 Å². The Balaban J connectivity index is 1.57. The van der Waals surface area contributed by atoms with Gasteiger partial charge in [0.15, 0.2) is 0 Å². The highest BCUT2D eigenvalue weighted by molar-refractivity contribution is 6.24. The third-order valence-electron chi connectivity index (χ3n) is 5.67. The molecule has 3 aliphatic heterocycles. The van der Waals surface area contributed by atoms with Gasteiger partial charge in [0.05, 0.1) is 11.1 Å². The molecule has 0 saturated carbocycles. The first-order valence-corrected chi connectivity index (χ1v) is 9.41. The molecule has 1 aromatic carbocycles. The van der Waals surface area contributed by atoms with Crippen molar-refractivity contribution < 1.29 is 19.2 Å². The van der Waals surface area contributed by atoms with Crippen molar-refractivity contribution in [3.8, 4) is 0 Å². The van der Waals surface area contributed by atoms with Crippen molar-refractivity contribution in [2.24, 2.45) is 5.92 Å². The second kappa shape index (κ2) is 7.29. The van der Waals surface area contributed by atoms with Crippen molar-refractivity contribution in [1.82, 2.24) is 20.9 Å². The normalized spacial score (nSPS) is 27.1. The van der Waals surface area contributed by atoms with Gasteiger partial charge in [-0.25, -0.2) is 0 Å². The number of fused-ring (bicyclic) bond motifs is 1. The summed E-state index contributed by atoms with van der Waals surface area (Å²) in [6.07, 6.45) is 2.17. The average molecular weight is 382 g/mol. The molecule has 4 amide bonds. The minimum atomic E-state index is -0.949. The Bertz CT molecular complexity index is 881. The van der Waals surface area contributed by atoms with Gasteiger partial charge in [-0.05, 0) is 18.1 Å². The number of imide groups is 2. The highest BCUT2D eigenvalue weighted by atomic mass is 16.2. The molecule has 0 spiro atoms. The molecule has 2 fully saturated rings. The van der Waals surface area contributed by atoms with E-state index in [4.69, 9.17) is 0 Å². The standard InChI is InChI=1S/C20H22N4O4/c1-2-11-8-21-10-14(11)22-9-12-4-3-5-13-17(12)20(28)24(19(13)27)15-6-7-16(25)23-18(15)26/h2-5,11,14-15,21-22H,1,6-10H2,(H,23,25,26)/t11-,14+,15?/m1/s1. The zero-order chi connectivity index (χ0) is 19.8. The third-order valence-corrected chi connectivity index (χ3v) is 5.67. The fourth-order valence-corrected chi connectivity index (χ4v) is 4.14. The van der Waals surface area contributed by atoms with E-state index >= 15 is 0 Å².